The molecule has 0 saturated carbocycles. The second-order valence-electron chi connectivity index (χ2n) is 3.68. The number of nitriles is 1. The smallest absolute Gasteiger partial charge is 0.125 e. The molecule has 2 aromatic carbocycles. The minimum atomic E-state index is -0.441. The van der Waals surface area contributed by atoms with E-state index >= 15 is 0 Å². The number of rotatable bonds is 2. The monoisotopic (exact) mass is 261 g/mol. The highest BCUT2D eigenvalue weighted by Crippen LogP contribution is 2.30. The number of methoxy groups -OCH3 is 1. The van der Waals surface area contributed by atoms with Gasteiger partial charge >= 0.3 is 0 Å². The second kappa shape index (κ2) is 5.07. The molecule has 2 rings (SSSR count). The first-order chi connectivity index (χ1) is 8.63. The van der Waals surface area contributed by atoms with Crippen LogP contribution in [0.4, 0.5) is 4.39 Å². The predicted molar refractivity (Wildman–Crippen MR) is 68.1 cm³/mol. The van der Waals surface area contributed by atoms with Gasteiger partial charge < -0.3 is 4.74 Å². The fourth-order valence-corrected chi connectivity index (χ4v) is 1.92. The molecular weight excluding hydrogens is 253 g/mol. The van der Waals surface area contributed by atoms with Gasteiger partial charge in [0.25, 0.3) is 0 Å². The summed E-state index contributed by atoms with van der Waals surface area (Å²) in [7, 11) is 1.53. The average Bonchev–Trinajstić information content (AvgIpc) is 2.36. The maximum Gasteiger partial charge on any atom is 0.125 e. The SMILES string of the molecule is COc1ccc(C#N)c(-c2cc(F)cc(Cl)c2)c1. The van der Waals surface area contributed by atoms with E-state index in [-0.39, 0.29) is 5.02 Å². The van der Waals surface area contributed by atoms with Crippen LogP contribution in [0.15, 0.2) is 36.4 Å². The van der Waals surface area contributed by atoms with Crippen LogP contribution in [-0.2, 0) is 0 Å². The molecule has 0 N–H and O–H groups in total. The van der Waals surface area contributed by atoms with Gasteiger partial charge in [0.05, 0.1) is 18.7 Å². The van der Waals surface area contributed by atoms with E-state index in [2.05, 4.69) is 6.07 Å². The van der Waals surface area contributed by atoms with Gasteiger partial charge in [-0.15, -0.1) is 0 Å². The van der Waals surface area contributed by atoms with Crippen LogP contribution < -0.4 is 4.74 Å². The third kappa shape index (κ3) is 2.44. The summed E-state index contributed by atoms with van der Waals surface area (Å²) in [6.07, 6.45) is 0. The predicted octanol–water partition coefficient (Wildman–Crippen LogP) is 4.03. The minimum Gasteiger partial charge on any atom is -0.497 e. The van der Waals surface area contributed by atoms with E-state index in [1.54, 1.807) is 24.3 Å². The molecule has 2 nitrogen and oxygen atoms in total. The Morgan fingerprint density at radius 2 is 2.00 bits per heavy atom. The zero-order valence-electron chi connectivity index (χ0n) is 9.58. The maximum atomic E-state index is 13.3. The standard InChI is InChI=1S/C14H9ClFNO/c1-18-13-3-2-9(8-17)14(7-13)10-4-11(15)6-12(16)5-10/h2-7H,1H3. The topological polar surface area (TPSA) is 33.0 Å². The first-order valence-electron chi connectivity index (χ1n) is 5.18. The highest BCUT2D eigenvalue weighted by atomic mass is 35.5. The maximum absolute atomic E-state index is 13.3. The molecule has 0 atom stereocenters. The van der Waals surface area contributed by atoms with Crippen molar-refractivity contribution in [3.05, 3.63) is 52.8 Å². The molecule has 0 aliphatic heterocycles. The Kier molecular flexibility index (Phi) is 3.50. The summed E-state index contributed by atoms with van der Waals surface area (Å²) in [4.78, 5) is 0. The van der Waals surface area contributed by atoms with Gasteiger partial charge in [-0.05, 0) is 42.0 Å². The van der Waals surface area contributed by atoms with E-state index in [1.165, 1.54) is 19.2 Å². The summed E-state index contributed by atoms with van der Waals surface area (Å²) in [5, 5.41) is 9.35. The van der Waals surface area contributed by atoms with Crippen molar-refractivity contribution in [1.29, 1.82) is 5.26 Å². The van der Waals surface area contributed by atoms with Crippen molar-refractivity contribution in [2.75, 3.05) is 7.11 Å². The van der Waals surface area contributed by atoms with Crippen LogP contribution in [0.3, 0.4) is 0 Å². The zero-order valence-corrected chi connectivity index (χ0v) is 10.3. The van der Waals surface area contributed by atoms with Crippen molar-refractivity contribution < 1.29 is 9.13 Å². The molecule has 2 aromatic rings. The van der Waals surface area contributed by atoms with Crippen LogP contribution in [0.25, 0.3) is 11.1 Å². The number of benzene rings is 2. The fourth-order valence-electron chi connectivity index (χ4n) is 1.70. The number of nitrogens with zero attached hydrogens (tertiary/aromatic N) is 1. The fraction of sp³-hybridized carbons (Fsp3) is 0.0714. The van der Waals surface area contributed by atoms with Crippen molar-refractivity contribution in [2.45, 2.75) is 0 Å². The largest absolute Gasteiger partial charge is 0.497 e. The van der Waals surface area contributed by atoms with E-state index in [1.807, 2.05) is 0 Å². The highest BCUT2D eigenvalue weighted by molar-refractivity contribution is 6.30. The van der Waals surface area contributed by atoms with Crippen molar-refractivity contribution in [3.8, 4) is 22.9 Å². The van der Waals surface area contributed by atoms with Crippen LogP contribution in [0.2, 0.25) is 5.02 Å². The molecule has 0 radical (unpaired) electrons. The number of halogens is 2. The molecule has 0 unspecified atom stereocenters. The molecule has 18 heavy (non-hydrogen) atoms. The third-order valence-electron chi connectivity index (χ3n) is 2.52. The summed E-state index contributed by atoms with van der Waals surface area (Å²) in [5.74, 6) is 0.161. The number of ether oxygens (including phenoxy) is 1. The van der Waals surface area contributed by atoms with Crippen molar-refractivity contribution in [3.63, 3.8) is 0 Å². The van der Waals surface area contributed by atoms with Crippen molar-refractivity contribution in [2.24, 2.45) is 0 Å². The van der Waals surface area contributed by atoms with Crippen molar-refractivity contribution >= 4 is 11.6 Å². The lowest BCUT2D eigenvalue weighted by atomic mass is 10.00. The van der Waals surface area contributed by atoms with Gasteiger partial charge in [-0.25, -0.2) is 4.39 Å². The van der Waals surface area contributed by atoms with Gasteiger partial charge in [0.1, 0.15) is 11.6 Å². The molecule has 0 aliphatic rings. The molecule has 0 saturated heterocycles. The van der Waals surface area contributed by atoms with E-state index in [0.717, 1.165) is 0 Å². The third-order valence-corrected chi connectivity index (χ3v) is 2.74. The number of hydrogen-bond donors (Lipinski definition) is 0. The number of hydrogen-bond acceptors (Lipinski definition) is 2. The first kappa shape index (κ1) is 12.4. The van der Waals surface area contributed by atoms with E-state index in [4.69, 9.17) is 21.6 Å². The molecule has 0 aliphatic carbocycles. The first-order valence-corrected chi connectivity index (χ1v) is 5.56. The van der Waals surface area contributed by atoms with Crippen molar-refractivity contribution in [1.82, 2.24) is 0 Å². The van der Waals surface area contributed by atoms with Crippen LogP contribution >= 0.6 is 11.6 Å². The van der Waals surface area contributed by atoms with Gasteiger partial charge in [-0.1, -0.05) is 11.6 Å². The Morgan fingerprint density at radius 3 is 2.61 bits per heavy atom. The van der Waals surface area contributed by atoms with Gasteiger partial charge in [-0.3, -0.25) is 0 Å². The van der Waals surface area contributed by atoms with Gasteiger partial charge in [0.15, 0.2) is 0 Å². The lowest BCUT2D eigenvalue weighted by Gasteiger charge is -2.08. The van der Waals surface area contributed by atoms with E-state index in [0.29, 0.717) is 22.4 Å². The Balaban J connectivity index is 2.65. The van der Waals surface area contributed by atoms with E-state index in [9.17, 15) is 4.39 Å². The molecule has 4 heteroatoms. The van der Waals surface area contributed by atoms with Gasteiger partial charge in [0.2, 0.25) is 0 Å². The Bertz CT molecular complexity index is 614. The summed E-state index contributed by atoms with van der Waals surface area (Å²) >= 11 is 5.82. The van der Waals surface area contributed by atoms with Gasteiger partial charge in [0, 0.05) is 10.6 Å². The zero-order chi connectivity index (χ0) is 13.1. The Morgan fingerprint density at radius 1 is 1.22 bits per heavy atom. The lowest BCUT2D eigenvalue weighted by Crippen LogP contribution is -1.89. The molecule has 90 valence electrons. The van der Waals surface area contributed by atoms with Crippen LogP contribution in [0, 0.1) is 17.1 Å². The van der Waals surface area contributed by atoms with Crippen LogP contribution in [0.1, 0.15) is 5.56 Å². The van der Waals surface area contributed by atoms with Crippen LogP contribution in [0.5, 0.6) is 5.75 Å². The Labute approximate surface area is 109 Å². The summed E-state index contributed by atoms with van der Waals surface area (Å²) in [6.45, 7) is 0. The molecule has 0 aromatic heterocycles. The second-order valence-corrected chi connectivity index (χ2v) is 4.12. The quantitative estimate of drug-likeness (QED) is 0.818. The summed E-state index contributed by atoms with van der Waals surface area (Å²) in [5.41, 5.74) is 1.59. The Hall–Kier alpha value is -2.05. The average molecular weight is 262 g/mol. The molecule has 0 amide bonds. The van der Waals surface area contributed by atoms with Crippen LogP contribution in [-0.4, -0.2) is 7.11 Å². The molecule has 0 fully saturated rings. The molecule has 0 heterocycles. The highest BCUT2D eigenvalue weighted by Gasteiger charge is 2.09. The van der Waals surface area contributed by atoms with E-state index < -0.39 is 5.82 Å². The summed E-state index contributed by atoms with van der Waals surface area (Å²) < 4.78 is 18.4. The lowest BCUT2D eigenvalue weighted by molar-refractivity contribution is 0.415. The normalized spacial score (nSPS) is 9.89. The molecule has 0 spiro atoms. The molecular formula is C14H9ClFNO. The summed E-state index contributed by atoms with van der Waals surface area (Å²) in [6, 6.07) is 11.2. The minimum absolute atomic E-state index is 0.289. The molecule has 0 bridgehead atoms. The van der Waals surface area contributed by atoms with Gasteiger partial charge in [-0.2, -0.15) is 5.26 Å².